The van der Waals surface area contributed by atoms with Crippen LogP contribution in [0.25, 0.3) is 22.6 Å². The number of aromatic nitrogens is 6. The molecule has 4 aromatic rings. The van der Waals surface area contributed by atoms with E-state index in [0.29, 0.717) is 29.2 Å². The van der Waals surface area contributed by atoms with Crippen molar-refractivity contribution in [2.24, 2.45) is 0 Å². The first-order valence-electron chi connectivity index (χ1n) is 9.86. The number of hydrogen-bond acceptors (Lipinski definition) is 7. The van der Waals surface area contributed by atoms with Crippen molar-refractivity contribution in [3.8, 4) is 11.4 Å². The molecule has 0 saturated carbocycles. The van der Waals surface area contributed by atoms with Crippen LogP contribution in [-0.2, 0) is 0 Å². The maximum absolute atomic E-state index is 12.7. The van der Waals surface area contributed by atoms with Crippen LogP contribution in [-0.4, -0.2) is 41.8 Å². The monoisotopic (exact) mass is 419 g/mol. The minimum absolute atomic E-state index is 0.0824. The van der Waals surface area contributed by atoms with Crippen molar-refractivity contribution in [3.63, 3.8) is 0 Å². The van der Waals surface area contributed by atoms with E-state index in [1.54, 1.807) is 36.7 Å². The quantitative estimate of drug-likeness (QED) is 0.390. The summed E-state index contributed by atoms with van der Waals surface area (Å²) >= 11 is 0. The number of aromatic amines is 2. The van der Waals surface area contributed by atoms with Gasteiger partial charge in [0.15, 0.2) is 11.4 Å². The van der Waals surface area contributed by atoms with Gasteiger partial charge in [-0.05, 0) is 37.6 Å². The SMILES string of the molecule is CCC(C)n1c(=O)[nH]c2nc(-c3ccc(NCC(=O)c4cccnc4)nc3)[nH]c2c1=O. The second-order valence-electron chi connectivity index (χ2n) is 7.12. The van der Waals surface area contributed by atoms with Crippen LogP contribution in [0.1, 0.15) is 36.7 Å². The molecule has 0 radical (unpaired) electrons. The summed E-state index contributed by atoms with van der Waals surface area (Å²) in [6.07, 6.45) is 5.34. The Bertz CT molecular complexity index is 1340. The third kappa shape index (κ3) is 4.00. The Morgan fingerprint density at radius 3 is 2.71 bits per heavy atom. The van der Waals surface area contributed by atoms with Crippen LogP contribution in [0.15, 0.2) is 52.4 Å². The molecule has 1 unspecified atom stereocenters. The van der Waals surface area contributed by atoms with Crippen molar-refractivity contribution < 1.29 is 4.79 Å². The summed E-state index contributed by atoms with van der Waals surface area (Å²) in [5.41, 5.74) is 0.697. The number of nitrogens with one attached hydrogen (secondary N) is 3. The normalized spacial score (nSPS) is 12.1. The number of carbonyl (C=O) groups is 1. The second-order valence-corrected chi connectivity index (χ2v) is 7.12. The van der Waals surface area contributed by atoms with Gasteiger partial charge in [-0.15, -0.1) is 0 Å². The van der Waals surface area contributed by atoms with Crippen molar-refractivity contribution in [2.75, 3.05) is 11.9 Å². The molecule has 4 rings (SSSR count). The van der Waals surface area contributed by atoms with E-state index in [-0.39, 0.29) is 29.5 Å². The molecule has 1 atom stereocenters. The third-order valence-corrected chi connectivity index (χ3v) is 5.06. The van der Waals surface area contributed by atoms with Crippen molar-refractivity contribution >= 4 is 22.8 Å². The summed E-state index contributed by atoms with van der Waals surface area (Å²) in [5, 5.41) is 2.97. The van der Waals surface area contributed by atoms with Gasteiger partial charge in [-0.1, -0.05) is 6.92 Å². The van der Waals surface area contributed by atoms with E-state index >= 15 is 0 Å². The molecule has 10 heteroatoms. The van der Waals surface area contributed by atoms with Crippen molar-refractivity contribution in [2.45, 2.75) is 26.3 Å². The van der Waals surface area contributed by atoms with Gasteiger partial charge in [0.25, 0.3) is 5.56 Å². The summed E-state index contributed by atoms with van der Waals surface area (Å²) in [4.78, 5) is 55.4. The summed E-state index contributed by atoms with van der Waals surface area (Å²) in [6, 6.07) is 6.65. The first kappa shape index (κ1) is 20.2. The van der Waals surface area contributed by atoms with E-state index in [1.807, 2.05) is 13.8 Å². The highest BCUT2D eigenvalue weighted by molar-refractivity contribution is 5.98. The van der Waals surface area contributed by atoms with Gasteiger partial charge in [0.2, 0.25) is 0 Å². The second kappa shape index (κ2) is 8.34. The molecule has 3 N–H and O–H groups in total. The lowest BCUT2D eigenvalue weighted by Gasteiger charge is -2.10. The molecule has 31 heavy (non-hydrogen) atoms. The number of carbonyl (C=O) groups excluding carboxylic acids is 1. The highest BCUT2D eigenvalue weighted by atomic mass is 16.2. The van der Waals surface area contributed by atoms with Gasteiger partial charge < -0.3 is 10.3 Å². The summed E-state index contributed by atoms with van der Waals surface area (Å²) in [5.74, 6) is 0.831. The number of ketones is 1. The maximum atomic E-state index is 12.7. The zero-order valence-corrected chi connectivity index (χ0v) is 17.0. The molecular weight excluding hydrogens is 398 g/mol. The van der Waals surface area contributed by atoms with E-state index < -0.39 is 11.2 Å². The minimum Gasteiger partial charge on any atom is -0.363 e. The summed E-state index contributed by atoms with van der Waals surface area (Å²) in [6.45, 7) is 3.80. The molecule has 10 nitrogen and oxygen atoms in total. The van der Waals surface area contributed by atoms with Crippen LogP contribution in [0.2, 0.25) is 0 Å². The lowest BCUT2D eigenvalue weighted by molar-refractivity contribution is 0.101. The van der Waals surface area contributed by atoms with Crippen molar-refractivity contribution in [3.05, 3.63) is 69.3 Å². The molecule has 0 aliphatic carbocycles. The van der Waals surface area contributed by atoms with E-state index in [4.69, 9.17) is 0 Å². The molecule has 4 aromatic heterocycles. The smallest absolute Gasteiger partial charge is 0.330 e. The molecular formula is C21H21N7O3. The predicted octanol–water partition coefficient (Wildman–Crippen LogP) is 2.14. The Morgan fingerprint density at radius 2 is 2.03 bits per heavy atom. The van der Waals surface area contributed by atoms with E-state index in [1.165, 1.54) is 10.8 Å². The lowest BCUT2D eigenvalue weighted by Crippen LogP contribution is -2.37. The standard InChI is InChI=1S/C21H21N7O3/c1-3-12(2)28-20(30)17-19(27-21(28)31)26-18(25-17)14-6-7-16(23-10-14)24-11-15(29)13-5-4-8-22-9-13/h4-10,12H,3,11H2,1-2H3,(H,23,24)(H,25,26)(H,27,31). The largest absolute Gasteiger partial charge is 0.363 e. The highest BCUT2D eigenvalue weighted by Crippen LogP contribution is 2.18. The molecule has 158 valence electrons. The van der Waals surface area contributed by atoms with Gasteiger partial charge in [-0.3, -0.25) is 24.1 Å². The zero-order chi connectivity index (χ0) is 22.0. The van der Waals surface area contributed by atoms with Crippen LogP contribution in [0.4, 0.5) is 5.82 Å². The minimum atomic E-state index is -0.485. The van der Waals surface area contributed by atoms with E-state index in [0.717, 1.165) is 0 Å². The molecule has 0 aliphatic rings. The Morgan fingerprint density at radius 1 is 1.19 bits per heavy atom. The van der Waals surface area contributed by atoms with Crippen LogP contribution >= 0.6 is 0 Å². The molecule has 0 fully saturated rings. The van der Waals surface area contributed by atoms with Crippen LogP contribution in [0.3, 0.4) is 0 Å². The van der Waals surface area contributed by atoms with E-state index in [2.05, 4.69) is 30.2 Å². The lowest BCUT2D eigenvalue weighted by atomic mass is 10.2. The Balaban J connectivity index is 1.55. The molecule has 0 amide bonds. The molecule has 0 saturated heterocycles. The van der Waals surface area contributed by atoms with Crippen LogP contribution in [0.5, 0.6) is 0 Å². The van der Waals surface area contributed by atoms with Gasteiger partial charge in [0, 0.05) is 35.8 Å². The van der Waals surface area contributed by atoms with E-state index in [9.17, 15) is 14.4 Å². The number of fused-ring (bicyclic) bond motifs is 1. The van der Waals surface area contributed by atoms with Gasteiger partial charge in [0.1, 0.15) is 17.2 Å². The van der Waals surface area contributed by atoms with Crippen molar-refractivity contribution in [1.29, 1.82) is 0 Å². The number of rotatable bonds is 7. The van der Waals surface area contributed by atoms with Crippen LogP contribution < -0.4 is 16.6 Å². The summed E-state index contributed by atoms with van der Waals surface area (Å²) < 4.78 is 1.19. The number of nitrogens with zero attached hydrogens (tertiary/aromatic N) is 4. The first-order chi connectivity index (χ1) is 15.0. The molecule has 0 spiro atoms. The highest BCUT2D eigenvalue weighted by Gasteiger charge is 2.16. The average Bonchev–Trinajstić information content (AvgIpc) is 3.22. The van der Waals surface area contributed by atoms with Gasteiger partial charge in [0.05, 0.1) is 6.54 Å². The molecule has 0 bridgehead atoms. The number of anilines is 1. The zero-order valence-electron chi connectivity index (χ0n) is 17.0. The fourth-order valence-electron chi connectivity index (χ4n) is 3.15. The number of hydrogen-bond donors (Lipinski definition) is 3. The van der Waals surface area contributed by atoms with Gasteiger partial charge >= 0.3 is 5.69 Å². The Labute approximate surface area is 176 Å². The van der Waals surface area contributed by atoms with Crippen molar-refractivity contribution in [1.82, 2.24) is 29.5 Å². The fraction of sp³-hybridized carbons (Fsp3) is 0.238. The first-order valence-corrected chi connectivity index (χ1v) is 9.86. The molecule has 4 heterocycles. The number of Topliss-reactive ketones (excluding diaryl/α,β-unsaturated/α-hetero) is 1. The van der Waals surface area contributed by atoms with Gasteiger partial charge in [-0.2, -0.15) is 0 Å². The number of imidazole rings is 1. The molecule has 0 aliphatic heterocycles. The number of pyridine rings is 2. The third-order valence-electron chi connectivity index (χ3n) is 5.06. The fourth-order valence-corrected chi connectivity index (χ4v) is 3.15. The maximum Gasteiger partial charge on any atom is 0.330 e. The number of H-pyrrole nitrogens is 2. The average molecular weight is 419 g/mol. The Hall–Kier alpha value is -4.08. The van der Waals surface area contributed by atoms with Gasteiger partial charge in [-0.25, -0.2) is 14.8 Å². The Kier molecular flexibility index (Phi) is 5.44. The molecule has 0 aromatic carbocycles. The van der Waals surface area contributed by atoms with Crippen LogP contribution in [0, 0.1) is 0 Å². The summed E-state index contributed by atoms with van der Waals surface area (Å²) in [7, 11) is 0. The predicted molar refractivity (Wildman–Crippen MR) is 116 cm³/mol. The topological polar surface area (TPSA) is 138 Å².